The molecule has 3 aromatic rings. The van der Waals surface area contributed by atoms with E-state index in [4.69, 9.17) is 4.74 Å². The number of fused-ring (bicyclic) bond motifs is 1. The summed E-state index contributed by atoms with van der Waals surface area (Å²) in [5, 5.41) is 0. The van der Waals surface area contributed by atoms with Crippen molar-refractivity contribution in [3.05, 3.63) is 53.0 Å². The summed E-state index contributed by atoms with van der Waals surface area (Å²) in [6, 6.07) is 5.77. The number of amides is 1. The zero-order valence-electron chi connectivity index (χ0n) is 20.0. The van der Waals surface area contributed by atoms with Crippen LogP contribution in [0.2, 0.25) is 0 Å². The Hall–Kier alpha value is -3.16. The quantitative estimate of drug-likeness (QED) is 0.580. The second-order valence-corrected chi connectivity index (χ2v) is 9.75. The first-order valence-corrected chi connectivity index (χ1v) is 12.3. The number of nitrogens with zero attached hydrogens (tertiary/aromatic N) is 5. The zero-order chi connectivity index (χ0) is 23.7. The van der Waals surface area contributed by atoms with Gasteiger partial charge in [0.15, 0.2) is 0 Å². The topological polar surface area (TPSA) is 82.2 Å². The molecule has 0 bridgehead atoms. The van der Waals surface area contributed by atoms with Gasteiger partial charge in [0.2, 0.25) is 5.91 Å². The average molecular weight is 464 g/mol. The predicted molar refractivity (Wildman–Crippen MR) is 130 cm³/mol. The molecule has 2 aliphatic rings. The molecule has 5 rings (SSSR count). The van der Waals surface area contributed by atoms with Crippen LogP contribution in [0.3, 0.4) is 0 Å². The van der Waals surface area contributed by atoms with Crippen molar-refractivity contribution in [3.8, 4) is 5.75 Å². The van der Waals surface area contributed by atoms with Gasteiger partial charge in [0.1, 0.15) is 5.75 Å². The van der Waals surface area contributed by atoms with E-state index in [1.54, 1.807) is 24.1 Å². The highest BCUT2D eigenvalue weighted by molar-refractivity contribution is 5.79. The lowest BCUT2D eigenvalue weighted by molar-refractivity contribution is -0.138. The van der Waals surface area contributed by atoms with Crippen molar-refractivity contribution in [3.63, 3.8) is 0 Å². The minimum absolute atomic E-state index is 0.00688. The van der Waals surface area contributed by atoms with E-state index in [0.717, 1.165) is 74.1 Å². The second kappa shape index (κ2) is 9.60. The molecule has 0 N–H and O–H groups in total. The molecule has 0 spiro atoms. The lowest BCUT2D eigenvalue weighted by Gasteiger charge is -2.36. The van der Waals surface area contributed by atoms with Crippen molar-refractivity contribution in [2.24, 2.45) is 18.9 Å². The van der Waals surface area contributed by atoms with Crippen LogP contribution in [0.4, 0.5) is 0 Å². The normalized spacial score (nSPS) is 21.6. The summed E-state index contributed by atoms with van der Waals surface area (Å²) < 4.78 is 8.95. The summed E-state index contributed by atoms with van der Waals surface area (Å²) in [7, 11) is 3.46. The van der Waals surface area contributed by atoms with Gasteiger partial charge in [0, 0.05) is 63.2 Å². The number of likely N-dealkylation sites (tertiary alicyclic amines) is 1. The van der Waals surface area contributed by atoms with E-state index in [1.165, 1.54) is 0 Å². The molecule has 0 unspecified atom stereocenters. The molecule has 1 amide bonds. The fraction of sp³-hybridized carbons (Fsp3) is 0.538. The van der Waals surface area contributed by atoms with Crippen molar-refractivity contribution in [2.45, 2.75) is 51.0 Å². The second-order valence-electron chi connectivity index (χ2n) is 9.75. The SMILES string of the molecule is COc1ccc2c(c1)n(CC1CCC(C(=O)N3CCC(c4cnccn4)CC3)CC1)c(=O)n2C. The molecule has 34 heavy (non-hydrogen) atoms. The van der Waals surface area contributed by atoms with E-state index in [2.05, 4.69) is 14.9 Å². The van der Waals surface area contributed by atoms with Crippen LogP contribution in [0.5, 0.6) is 5.75 Å². The van der Waals surface area contributed by atoms with E-state index in [-0.39, 0.29) is 11.6 Å². The maximum atomic E-state index is 13.2. The Bertz CT molecular complexity index is 1200. The smallest absolute Gasteiger partial charge is 0.328 e. The fourth-order valence-electron chi connectivity index (χ4n) is 5.72. The van der Waals surface area contributed by atoms with Gasteiger partial charge in [-0.1, -0.05) is 0 Å². The monoisotopic (exact) mass is 463 g/mol. The highest BCUT2D eigenvalue weighted by Gasteiger charge is 2.32. The number of ether oxygens (including phenoxy) is 1. The molecule has 180 valence electrons. The third kappa shape index (κ3) is 4.33. The van der Waals surface area contributed by atoms with E-state index < -0.39 is 0 Å². The molecule has 8 nitrogen and oxygen atoms in total. The van der Waals surface area contributed by atoms with Gasteiger partial charge in [-0.05, 0) is 56.6 Å². The summed E-state index contributed by atoms with van der Waals surface area (Å²) in [5.74, 6) is 1.97. The number of aryl methyl sites for hydroxylation is 1. The lowest BCUT2D eigenvalue weighted by Crippen LogP contribution is -2.42. The van der Waals surface area contributed by atoms with E-state index >= 15 is 0 Å². The number of methoxy groups -OCH3 is 1. The first-order valence-electron chi connectivity index (χ1n) is 12.3. The molecular formula is C26H33N5O3. The summed E-state index contributed by atoms with van der Waals surface area (Å²) >= 11 is 0. The summed E-state index contributed by atoms with van der Waals surface area (Å²) in [4.78, 5) is 36.8. The average Bonchev–Trinajstić information content (AvgIpc) is 3.13. The van der Waals surface area contributed by atoms with E-state index in [9.17, 15) is 9.59 Å². The van der Waals surface area contributed by atoms with Crippen molar-refractivity contribution in [1.29, 1.82) is 0 Å². The number of rotatable bonds is 5. The maximum absolute atomic E-state index is 13.2. The molecule has 0 atom stereocenters. The number of carbonyl (C=O) groups excluding carboxylic acids is 1. The first-order chi connectivity index (χ1) is 16.5. The summed E-state index contributed by atoms with van der Waals surface area (Å²) in [5.41, 5.74) is 2.87. The predicted octanol–water partition coefficient (Wildman–Crippen LogP) is 3.35. The third-order valence-electron chi connectivity index (χ3n) is 7.80. The number of carbonyl (C=O) groups is 1. The Morgan fingerprint density at radius 3 is 2.50 bits per heavy atom. The third-order valence-corrected chi connectivity index (χ3v) is 7.80. The van der Waals surface area contributed by atoms with E-state index in [1.807, 2.05) is 36.0 Å². The summed E-state index contributed by atoms with van der Waals surface area (Å²) in [6.45, 7) is 2.29. The molecule has 1 saturated heterocycles. The van der Waals surface area contributed by atoms with Crippen molar-refractivity contribution in [1.82, 2.24) is 24.0 Å². The van der Waals surface area contributed by atoms with Crippen LogP contribution < -0.4 is 10.4 Å². The van der Waals surface area contributed by atoms with Crippen LogP contribution in [-0.4, -0.2) is 50.1 Å². The fourth-order valence-corrected chi connectivity index (χ4v) is 5.72. The minimum atomic E-state index is 0.00688. The number of benzene rings is 1. The van der Waals surface area contributed by atoms with Gasteiger partial charge in [-0.2, -0.15) is 0 Å². The number of hydrogen-bond donors (Lipinski definition) is 0. The molecule has 2 aromatic heterocycles. The standard InChI is InChI=1S/C26H33N5O3/c1-29-23-8-7-21(34-2)15-24(23)31(26(29)33)17-18-3-5-20(6-4-18)25(32)30-13-9-19(10-14-30)22-16-27-11-12-28-22/h7-8,11-12,15-16,18-20H,3-6,9-10,13-14,17H2,1-2H3. The van der Waals surface area contributed by atoms with Crippen LogP contribution in [0, 0.1) is 11.8 Å². The van der Waals surface area contributed by atoms with Crippen LogP contribution in [0.25, 0.3) is 11.0 Å². The van der Waals surface area contributed by atoms with Crippen LogP contribution in [-0.2, 0) is 18.4 Å². The van der Waals surface area contributed by atoms with Crippen molar-refractivity contribution in [2.75, 3.05) is 20.2 Å². The molecular weight excluding hydrogens is 430 g/mol. The lowest BCUT2D eigenvalue weighted by atomic mass is 9.80. The number of hydrogen-bond acceptors (Lipinski definition) is 5. The minimum Gasteiger partial charge on any atom is -0.497 e. The van der Waals surface area contributed by atoms with Crippen LogP contribution in [0.1, 0.15) is 50.1 Å². The maximum Gasteiger partial charge on any atom is 0.328 e. The summed E-state index contributed by atoms with van der Waals surface area (Å²) in [6.07, 6.45) is 10.9. The van der Waals surface area contributed by atoms with Gasteiger partial charge in [-0.15, -0.1) is 0 Å². The van der Waals surface area contributed by atoms with Crippen molar-refractivity contribution < 1.29 is 9.53 Å². The molecule has 0 radical (unpaired) electrons. The Kier molecular flexibility index (Phi) is 6.39. The number of aromatic nitrogens is 4. The Morgan fingerprint density at radius 1 is 1.06 bits per heavy atom. The Morgan fingerprint density at radius 2 is 1.82 bits per heavy atom. The van der Waals surface area contributed by atoms with E-state index in [0.29, 0.717) is 24.3 Å². The highest BCUT2D eigenvalue weighted by atomic mass is 16.5. The molecule has 1 aromatic carbocycles. The number of imidazole rings is 1. The molecule has 3 heterocycles. The number of piperidine rings is 1. The van der Waals surface area contributed by atoms with Crippen molar-refractivity contribution >= 4 is 16.9 Å². The molecule has 2 fully saturated rings. The molecule has 8 heteroatoms. The van der Waals surface area contributed by atoms with Gasteiger partial charge in [0.05, 0.1) is 23.8 Å². The van der Waals surface area contributed by atoms with Gasteiger partial charge in [0.25, 0.3) is 0 Å². The molecule has 1 aliphatic carbocycles. The highest BCUT2D eigenvalue weighted by Crippen LogP contribution is 2.34. The van der Waals surface area contributed by atoms with Crippen LogP contribution >= 0.6 is 0 Å². The molecule has 1 saturated carbocycles. The van der Waals surface area contributed by atoms with Crippen LogP contribution in [0.15, 0.2) is 41.6 Å². The zero-order valence-corrected chi connectivity index (χ0v) is 20.0. The largest absolute Gasteiger partial charge is 0.497 e. The first kappa shape index (κ1) is 22.6. The Balaban J connectivity index is 1.18. The van der Waals surface area contributed by atoms with Gasteiger partial charge in [-0.3, -0.25) is 23.9 Å². The van der Waals surface area contributed by atoms with Gasteiger partial charge < -0.3 is 9.64 Å². The van der Waals surface area contributed by atoms with Gasteiger partial charge >= 0.3 is 5.69 Å². The molecule has 1 aliphatic heterocycles. The van der Waals surface area contributed by atoms with Gasteiger partial charge in [-0.25, -0.2) is 4.79 Å². The Labute approximate surface area is 199 Å².